The van der Waals surface area contributed by atoms with Crippen molar-refractivity contribution in [2.24, 2.45) is 5.92 Å². The van der Waals surface area contributed by atoms with Crippen LogP contribution in [-0.4, -0.2) is 40.4 Å². The van der Waals surface area contributed by atoms with Crippen LogP contribution in [0, 0.1) is 5.92 Å². The van der Waals surface area contributed by atoms with Crippen molar-refractivity contribution in [3.8, 4) is 0 Å². The molecule has 1 N–H and O–H groups in total. The Morgan fingerprint density at radius 3 is 2.65 bits per heavy atom. The van der Waals surface area contributed by atoms with Gasteiger partial charge in [0.15, 0.2) is 0 Å². The molecule has 2 amide bonds. The lowest BCUT2D eigenvalue weighted by Crippen LogP contribution is -2.47. The Bertz CT molecular complexity index is 1160. The van der Waals surface area contributed by atoms with Crippen molar-refractivity contribution in [2.75, 3.05) is 13.1 Å². The van der Waals surface area contributed by atoms with Gasteiger partial charge in [-0.1, -0.05) is 49.4 Å². The van der Waals surface area contributed by atoms with E-state index < -0.39 is 0 Å². The van der Waals surface area contributed by atoms with Crippen LogP contribution in [-0.2, 0) is 11.3 Å². The summed E-state index contributed by atoms with van der Waals surface area (Å²) in [6.07, 6.45) is 8.79. The highest BCUT2D eigenvalue weighted by molar-refractivity contribution is 7.16. The number of hydrogen-bond donors (Lipinski definition) is 1. The zero-order chi connectivity index (χ0) is 23.5. The summed E-state index contributed by atoms with van der Waals surface area (Å²) in [4.78, 5) is 29.7. The summed E-state index contributed by atoms with van der Waals surface area (Å²) in [5, 5.41) is 7.13. The van der Waals surface area contributed by atoms with Crippen LogP contribution in [0.15, 0.2) is 41.8 Å². The highest BCUT2D eigenvalue weighted by Crippen LogP contribution is 2.29. The molecule has 1 atom stereocenters. The molecule has 1 saturated heterocycles. The first-order valence-corrected chi connectivity index (χ1v) is 13.7. The van der Waals surface area contributed by atoms with Crippen LogP contribution in [0.2, 0.25) is 5.02 Å². The molecule has 34 heavy (non-hydrogen) atoms. The van der Waals surface area contributed by atoms with Crippen molar-refractivity contribution in [2.45, 2.75) is 64.0 Å². The number of likely N-dealkylation sites (tertiary alicyclic amines) is 1. The number of benzene rings is 1. The molecule has 0 radical (unpaired) electrons. The summed E-state index contributed by atoms with van der Waals surface area (Å²) in [6, 6.07) is 12.1. The smallest absolute Gasteiger partial charge is 0.270 e. The van der Waals surface area contributed by atoms with Gasteiger partial charge in [-0.15, -0.1) is 11.3 Å². The fraction of sp³-hybridized carbons (Fsp3) is 0.481. The fourth-order valence-electron chi connectivity index (χ4n) is 5.41. The van der Waals surface area contributed by atoms with E-state index in [1.165, 1.54) is 25.7 Å². The molecule has 0 spiro atoms. The Hall–Kier alpha value is -2.31. The summed E-state index contributed by atoms with van der Waals surface area (Å²) < 4.78 is 2.10. The minimum atomic E-state index is -0.126. The highest BCUT2D eigenvalue weighted by Gasteiger charge is 2.31. The number of fused-ring (bicyclic) bond motifs is 1. The predicted molar refractivity (Wildman–Crippen MR) is 139 cm³/mol. The molecule has 1 saturated carbocycles. The van der Waals surface area contributed by atoms with Gasteiger partial charge >= 0.3 is 0 Å². The van der Waals surface area contributed by atoms with E-state index in [-0.39, 0.29) is 17.7 Å². The molecule has 7 heteroatoms. The van der Waals surface area contributed by atoms with Gasteiger partial charge in [-0.2, -0.15) is 0 Å². The van der Waals surface area contributed by atoms with Crippen molar-refractivity contribution in [1.82, 2.24) is 14.8 Å². The molecule has 5 rings (SSSR count). The number of hydrogen-bond acceptors (Lipinski definition) is 3. The van der Waals surface area contributed by atoms with Crippen molar-refractivity contribution in [3.05, 3.63) is 58.1 Å². The maximum absolute atomic E-state index is 13.7. The Labute approximate surface area is 210 Å². The van der Waals surface area contributed by atoms with Crippen LogP contribution >= 0.6 is 22.9 Å². The zero-order valence-electron chi connectivity index (χ0n) is 19.5. The van der Waals surface area contributed by atoms with Gasteiger partial charge in [-0.25, -0.2) is 0 Å². The molecule has 1 aromatic carbocycles. The molecule has 2 aliphatic rings. The lowest BCUT2D eigenvalue weighted by Gasteiger charge is -2.33. The monoisotopic (exact) mass is 497 g/mol. The van der Waals surface area contributed by atoms with Crippen LogP contribution in [0.3, 0.4) is 0 Å². The van der Waals surface area contributed by atoms with Crippen molar-refractivity contribution in [1.29, 1.82) is 0 Å². The Morgan fingerprint density at radius 2 is 1.85 bits per heavy atom. The highest BCUT2D eigenvalue weighted by atomic mass is 35.5. The quantitative estimate of drug-likeness (QED) is 0.433. The van der Waals surface area contributed by atoms with Crippen molar-refractivity contribution in [3.63, 3.8) is 0 Å². The largest absolute Gasteiger partial charge is 0.353 e. The maximum Gasteiger partial charge on any atom is 0.270 e. The second-order valence-electron chi connectivity index (χ2n) is 9.71. The first-order chi connectivity index (χ1) is 16.6. The van der Waals surface area contributed by atoms with Crippen molar-refractivity contribution >= 4 is 45.0 Å². The third-order valence-corrected chi connectivity index (χ3v) is 8.42. The molecule has 180 valence electrons. The number of nitrogens with one attached hydrogen (secondary N) is 1. The molecule has 1 unspecified atom stereocenters. The summed E-state index contributed by atoms with van der Waals surface area (Å²) in [6.45, 7) is 1.78. The number of carbonyl (C=O) groups excluding carboxylic acids is 2. The molecule has 1 aliphatic heterocycles. The second kappa shape index (κ2) is 10.5. The number of carbonyl (C=O) groups is 2. The lowest BCUT2D eigenvalue weighted by molar-refractivity contribution is -0.127. The number of rotatable bonds is 5. The Balaban J connectivity index is 1.32. The van der Waals surface area contributed by atoms with Gasteiger partial charge in [0.25, 0.3) is 5.91 Å². The van der Waals surface area contributed by atoms with E-state index in [0.29, 0.717) is 36.4 Å². The average Bonchev–Trinajstić information content (AvgIpc) is 3.33. The fourth-order valence-corrected chi connectivity index (χ4v) is 6.52. The third kappa shape index (κ3) is 5.18. The minimum Gasteiger partial charge on any atom is -0.353 e. The van der Waals surface area contributed by atoms with E-state index in [0.717, 1.165) is 41.5 Å². The lowest BCUT2D eigenvalue weighted by atomic mass is 9.96. The number of nitrogens with zero attached hydrogens (tertiary/aromatic N) is 2. The zero-order valence-corrected chi connectivity index (χ0v) is 21.0. The SMILES string of the molecule is O=C(NC1CCCCCC1)C1CCCN(C(=O)c2cc3ccsc3n2Cc2cccc(Cl)c2)C1. The van der Waals surface area contributed by atoms with Crippen LogP contribution in [0.4, 0.5) is 0 Å². The van der Waals surface area contributed by atoms with E-state index in [1.54, 1.807) is 11.3 Å². The standard InChI is InChI=1S/C27H32ClN3O2S/c28-22-9-5-7-19(15-22)17-31-24(16-20-12-14-34-27(20)31)26(33)30-13-6-8-21(18-30)25(32)29-23-10-3-1-2-4-11-23/h5,7,9,12,14-16,21,23H,1-4,6,8,10-11,13,17-18H2,(H,29,32). The second-order valence-corrected chi connectivity index (χ2v) is 11.0. The van der Waals surface area contributed by atoms with Crippen molar-refractivity contribution < 1.29 is 9.59 Å². The van der Waals surface area contributed by atoms with E-state index in [9.17, 15) is 9.59 Å². The normalized spacial score (nSPS) is 19.8. The first kappa shape index (κ1) is 23.4. The Morgan fingerprint density at radius 1 is 1.03 bits per heavy atom. The maximum atomic E-state index is 13.7. The number of thiophene rings is 1. The summed E-state index contributed by atoms with van der Waals surface area (Å²) >= 11 is 7.85. The van der Waals surface area contributed by atoms with Crippen LogP contribution in [0.25, 0.3) is 10.2 Å². The van der Waals surface area contributed by atoms with E-state index in [4.69, 9.17) is 11.6 Å². The molecule has 3 heterocycles. The topological polar surface area (TPSA) is 54.3 Å². The molecule has 5 nitrogen and oxygen atoms in total. The van der Waals surface area contributed by atoms with Gasteiger partial charge in [-0.05, 0) is 60.9 Å². The predicted octanol–water partition coefficient (Wildman–Crippen LogP) is 6.10. The molecule has 3 aromatic rings. The van der Waals surface area contributed by atoms with Gasteiger partial charge in [0.2, 0.25) is 5.91 Å². The molecule has 0 bridgehead atoms. The van der Waals surface area contributed by atoms with Crippen LogP contribution in [0.5, 0.6) is 0 Å². The summed E-state index contributed by atoms with van der Waals surface area (Å²) in [5.74, 6) is 0.00972. The minimum absolute atomic E-state index is 0.0115. The third-order valence-electron chi connectivity index (χ3n) is 7.23. The van der Waals surface area contributed by atoms with E-state index >= 15 is 0 Å². The van der Waals surface area contributed by atoms with Crippen LogP contribution < -0.4 is 5.32 Å². The summed E-state index contributed by atoms with van der Waals surface area (Å²) in [5.41, 5.74) is 1.75. The average molecular weight is 498 g/mol. The van der Waals surface area contributed by atoms with Gasteiger partial charge in [0, 0.05) is 36.1 Å². The first-order valence-electron chi connectivity index (χ1n) is 12.5. The summed E-state index contributed by atoms with van der Waals surface area (Å²) in [7, 11) is 0. The molecular formula is C27H32ClN3O2S. The molecular weight excluding hydrogens is 466 g/mol. The van der Waals surface area contributed by atoms with Gasteiger partial charge in [-0.3, -0.25) is 9.59 Å². The van der Waals surface area contributed by atoms with Gasteiger partial charge < -0.3 is 14.8 Å². The van der Waals surface area contributed by atoms with E-state index in [1.807, 2.05) is 35.2 Å². The van der Waals surface area contributed by atoms with Crippen LogP contribution in [0.1, 0.15) is 67.4 Å². The number of amides is 2. The van der Waals surface area contributed by atoms with Gasteiger partial charge in [0.1, 0.15) is 10.5 Å². The molecule has 2 aromatic heterocycles. The number of piperidine rings is 1. The van der Waals surface area contributed by atoms with Gasteiger partial charge in [0.05, 0.1) is 5.92 Å². The molecule has 2 fully saturated rings. The molecule has 1 aliphatic carbocycles. The van der Waals surface area contributed by atoms with E-state index in [2.05, 4.69) is 21.3 Å². The number of halogens is 1. The number of aromatic nitrogens is 1. The Kier molecular flexibility index (Phi) is 7.26.